The van der Waals surface area contributed by atoms with Gasteiger partial charge in [0.2, 0.25) is 0 Å². The van der Waals surface area contributed by atoms with Crippen LogP contribution < -0.4 is 0 Å². The summed E-state index contributed by atoms with van der Waals surface area (Å²) in [6, 6.07) is 15.7. The molecule has 6 nitrogen and oxygen atoms in total. The maximum absolute atomic E-state index is 11.5. The summed E-state index contributed by atoms with van der Waals surface area (Å²) in [6.45, 7) is 1.21. The molecular weight excluding hydrogens is 360 g/mol. The Morgan fingerprint density at radius 3 is 2.07 bits per heavy atom. The van der Waals surface area contributed by atoms with E-state index in [0.29, 0.717) is 11.1 Å². The number of hydrogen-bond donors (Lipinski definition) is 6. The first-order valence-corrected chi connectivity index (χ1v) is 9.56. The summed E-state index contributed by atoms with van der Waals surface area (Å²) in [7, 11) is 0. The molecule has 2 aromatic rings. The van der Waals surface area contributed by atoms with Crippen molar-refractivity contribution in [3.8, 4) is 0 Å². The third-order valence-electron chi connectivity index (χ3n) is 6.88. The Labute approximate surface area is 163 Å². The van der Waals surface area contributed by atoms with Crippen LogP contribution in [-0.2, 0) is 6.42 Å². The van der Waals surface area contributed by atoms with E-state index in [2.05, 4.69) is 0 Å². The van der Waals surface area contributed by atoms with Crippen LogP contribution in [0.1, 0.15) is 35.4 Å². The third kappa shape index (κ3) is 2.03. The van der Waals surface area contributed by atoms with Gasteiger partial charge in [-0.1, -0.05) is 61.5 Å². The van der Waals surface area contributed by atoms with Crippen molar-refractivity contribution in [3.63, 3.8) is 0 Å². The van der Waals surface area contributed by atoms with E-state index < -0.39 is 47.5 Å². The molecule has 150 valence electrons. The molecule has 0 aliphatic heterocycles. The van der Waals surface area contributed by atoms with Gasteiger partial charge in [0.05, 0.1) is 18.6 Å². The zero-order valence-corrected chi connectivity index (χ0v) is 15.6. The smallest absolute Gasteiger partial charge is 0.138 e. The zero-order chi connectivity index (χ0) is 20.3. The van der Waals surface area contributed by atoms with Crippen LogP contribution in [0.15, 0.2) is 54.6 Å². The van der Waals surface area contributed by atoms with Crippen LogP contribution in [0.4, 0.5) is 0 Å². The quantitative estimate of drug-likeness (QED) is 0.432. The van der Waals surface area contributed by atoms with Crippen LogP contribution in [0.2, 0.25) is 0 Å². The molecule has 2 aromatic carbocycles. The molecule has 2 aliphatic carbocycles. The Balaban J connectivity index is 1.82. The van der Waals surface area contributed by atoms with Gasteiger partial charge in [-0.15, -0.1) is 0 Å². The molecule has 3 unspecified atom stereocenters. The molecule has 6 heteroatoms. The number of aliphatic hydroxyl groups excluding tert-OH is 3. The van der Waals surface area contributed by atoms with Crippen molar-refractivity contribution in [2.24, 2.45) is 0 Å². The summed E-state index contributed by atoms with van der Waals surface area (Å²) in [6.07, 6.45) is -2.22. The molecule has 0 spiro atoms. The number of aryl methyl sites for hydroxylation is 1. The average Bonchev–Trinajstić information content (AvgIpc) is 2.73. The van der Waals surface area contributed by atoms with E-state index in [-0.39, 0.29) is 0 Å². The molecule has 0 radical (unpaired) electrons. The lowest BCUT2D eigenvalue weighted by Crippen LogP contribution is -2.99. The minimum absolute atomic E-state index is 0.462. The molecule has 0 aromatic heterocycles. The van der Waals surface area contributed by atoms with E-state index in [1.54, 1.807) is 42.5 Å². The molecule has 2 aliphatic rings. The second-order valence-corrected chi connectivity index (χ2v) is 7.98. The monoisotopic (exact) mass is 386 g/mol. The minimum Gasteiger partial charge on any atom is -0.394 e. The fourth-order valence-electron chi connectivity index (χ4n) is 5.42. The molecule has 28 heavy (non-hydrogen) atoms. The third-order valence-corrected chi connectivity index (χ3v) is 6.88. The molecule has 4 rings (SSSR count). The van der Waals surface area contributed by atoms with Crippen LogP contribution in [0.5, 0.6) is 0 Å². The van der Waals surface area contributed by atoms with E-state index >= 15 is 0 Å². The summed E-state index contributed by atoms with van der Waals surface area (Å²) in [5.74, 6) is -2.16. The van der Waals surface area contributed by atoms with Gasteiger partial charge in [-0.05, 0) is 23.1 Å². The van der Waals surface area contributed by atoms with Gasteiger partial charge in [0.15, 0.2) is 0 Å². The fourth-order valence-corrected chi connectivity index (χ4v) is 5.42. The van der Waals surface area contributed by atoms with Gasteiger partial charge in [-0.3, -0.25) is 0 Å². The van der Waals surface area contributed by atoms with Crippen molar-refractivity contribution in [2.45, 2.75) is 54.2 Å². The van der Waals surface area contributed by atoms with Gasteiger partial charge in [-0.25, -0.2) is 0 Å². The molecule has 0 bridgehead atoms. The fraction of sp³-hybridized carbons (Fsp3) is 0.455. The molecule has 0 saturated heterocycles. The van der Waals surface area contributed by atoms with Crippen molar-refractivity contribution >= 4 is 0 Å². The largest absolute Gasteiger partial charge is 0.394 e. The first-order chi connectivity index (χ1) is 13.3. The molecule has 6 N–H and O–H groups in total. The molecule has 0 heterocycles. The molecule has 2 fully saturated rings. The molecule has 7 atom stereocenters. The van der Waals surface area contributed by atoms with Crippen LogP contribution in [0.3, 0.4) is 0 Å². The van der Waals surface area contributed by atoms with Gasteiger partial charge in [-0.2, -0.15) is 0 Å². The highest BCUT2D eigenvalue weighted by Crippen LogP contribution is 2.75. The van der Waals surface area contributed by atoms with Gasteiger partial charge < -0.3 is 30.6 Å². The maximum Gasteiger partial charge on any atom is 0.138 e. The lowest BCUT2D eigenvalue weighted by molar-refractivity contribution is -0.459. The topological polar surface area (TPSA) is 121 Å². The van der Waals surface area contributed by atoms with Crippen molar-refractivity contribution < 1.29 is 30.6 Å². The van der Waals surface area contributed by atoms with E-state index in [9.17, 15) is 30.6 Å². The van der Waals surface area contributed by atoms with Crippen molar-refractivity contribution in [2.75, 3.05) is 6.61 Å². The summed E-state index contributed by atoms with van der Waals surface area (Å²) >= 11 is 0. The summed E-state index contributed by atoms with van der Waals surface area (Å²) in [5.41, 5.74) is -4.41. The molecule has 2 saturated carbocycles. The van der Waals surface area contributed by atoms with Crippen LogP contribution in [-0.4, -0.2) is 66.3 Å². The Kier molecular flexibility index (Phi) is 4.43. The Morgan fingerprint density at radius 2 is 1.54 bits per heavy atom. The van der Waals surface area contributed by atoms with E-state index in [4.69, 9.17) is 0 Å². The first kappa shape index (κ1) is 19.5. The van der Waals surface area contributed by atoms with E-state index in [1.165, 1.54) is 0 Å². The van der Waals surface area contributed by atoms with Crippen molar-refractivity contribution in [1.82, 2.24) is 0 Å². The predicted molar refractivity (Wildman–Crippen MR) is 102 cm³/mol. The van der Waals surface area contributed by atoms with E-state index in [1.807, 2.05) is 19.1 Å². The second kappa shape index (κ2) is 6.35. The normalized spacial score (nSPS) is 40.2. The maximum atomic E-state index is 11.5. The number of rotatable bonds is 5. The lowest BCUT2D eigenvalue weighted by atomic mass is 9.30. The number of benzene rings is 2. The SMILES string of the molecule is CCc1ccc(C2C(O)[C@@]3(O)C(c4ccccc4)[C@@](O)([C@H](O)CO)[C@@]23O)cc1. The first-order valence-electron chi connectivity index (χ1n) is 9.56. The highest BCUT2D eigenvalue weighted by Gasteiger charge is 2.93. The van der Waals surface area contributed by atoms with Gasteiger partial charge in [0, 0.05) is 5.92 Å². The summed E-state index contributed by atoms with van der Waals surface area (Å²) in [4.78, 5) is 0. The highest BCUT2D eigenvalue weighted by molar-refractivity contribution is 5.55. The molecule has 0 amide bonds. The van der Waals surface area contributed by atoms with Gasteiger partial charge in [0.1, 0.15) is 22.9 Å². The van der Waals surface area contributed by atoms with E-state index in [0.717, 1.165) is 12.0 Å². The summed E-state index contributed by atoms with van der Waals surface area (Å²) in [5, 5.41) is 65.0. The van der Waals surface area contributed by atoms with Crippen LogP contribution >= 0.6 is 0 Å². The van der Waals surface area contributed by atoms with Gasteiger partial charge >= 0.3 is 0 Å². The van der Waals surface area contributed by atoms with Crippen LogP contribution in [0.25, 0.3) is 0 Å². The Bertz CT molecular complexity index is 855. The van der Waals surface area contributed by atoms with Crippen molar-refractivity contribution in [1.29, 1.82) is 0 Å². The number of fused-ring (bicyclic) bond motifs is 1. The minimum atomic E-state index is -2.23. The Hall–Kier alpha value is -1.80. The van der Waals surface area contributed by atoms with Crippen LogP contribution in [0, 0.1) is 0 Å². The summed E-state index contributed by atoms with van der Waals surface area (Å²) < 4.78 is 0. The number of aliphatic hydroxyl groups is 6. The standard InChI is InChI=1S/C22H26O6/c1-2-13-8-10-14(11-9-13)17-19(25)21(27)18(15-6-4-3-5-7-15)20(26,16(24)12-23)22(17,21)28/h3-11,16-19,23-28H,2,12H2,1H3/t16-,17?,18?,19?,20+,21+,22+/m1/s1. The molecular formula is C22H26O6. The predicted octanol–water partition coefficient (Wildman–Crippen LogP) is 0.0510. The van der Waals surface area contributed by atoms with Gasteiger partial charge in [0.25, 0.3) is 0 Å². The lowest BCUT2D eigenvalue weighted by Gasteiger charge is -2.80. The second-order valence-electron chi connectivity index (χ2n) is 7.98. The van der Waals surface area contributed by atoms with Crippen molar-refractivity contribution in [3.05, 3.63) is 71.3 Å². The zero-order valence-electron chi connectivity index (χ0n) is 15.6. The average molecular weight is 386 g/mol. The number of hydrogen-bond acceptors (Lipinski definition) is 6. The Morgan fingerprint density at radius 1 is 0.929 bits per heavy atom. The highest BCUT2D eigenvalue weighted by atomic mass is 16.5.